The molecule has 7 heteroatoms. The molecular weight excluding hydrogens is 965 g/mol. The van der Waals surface area contributed by atoms with Gasteiger partial charge in [-0.15, -0.1) is 0 Å². The third-order valence-electron chi connectivity index (χ3n) is 13.8. The minimum atomic E-state index is -1.28. The molecule has 6 aromatic rings. The fourth-order valence-corrected chi connectivity index (χ4v) is 18.0. The third-order valence-corrected chi connectivity index (χ3v) is 22.8. The summed E-state index contributed by atoms with van der Waals surface area (Å²) in [5.41, 5.74) is 0. The number of unbranched alkanes of at least 4 members (excludes halogenated alkanes) is 21. The monoisotopic (exact) mass is 1050 g/mol. The Kier molecular flexibility index (Phi) is 31.9. The van der Waals surface area contributed by atoms with Crippen molar-refractivity contribution in [3.05, 3.63) is 182 Å². The molecular formula is C66H90O3P4. The van der Waals surface area contributed by atoms with Gasteiger partial charge in [-0.3, -0.25) is 0 Å². The molecule has 0 saturated heterocycles. The molecule has 0 aliphatic heterocycles. The van der Waals surface area contributed by atoms with Crippen LogP contribution >= 0.6 is 32.4 Å². The van der Waals surface area contributed by atoms with Crippen LogP contribution in [0.15, 0.2) is 182 Å². The van der Waals surface area contributed by atoms with E-state index < -0.39 is 8.60 Å². The van der Waals surface area contributed by atoms with Gasteiger partial charge < -0.3 is 13.6 Å². The maximum absolute atomic E-state index is 6.33. The number of rotatable bonds is 42. The van der Waals surface area contributed by atoms with Crippen LogP contribution in [-0.2, 0) is 13.6 Å². The van der Waals surface area contributed by atoms with Crippen molar-refractivity contribution >= 4 is 64.2 Å². The number of benzene rings is 6. The number of hydrogen-bond acceptors (Lipinski definition) is 3. The SMILES string of the molecule is c1ccc(P(CCCCCCCCCCOP(OCCCCCCCCCCP(c2ccccc2)c2ccccc2)OCCCCCCCCCCP(c2ccccc2)c2ccccc2)c2ccccc2)cc1. The molecule has 0 aliphatic rings. The molecule has 0 bridgehead atoms. The second-order valence-electron chi connectivity index (χ2n) is 19.7. The largest absolute Gasteiger partial charge is 0.332 e. The molecule has 6 aromatic carbocycles. The summed E-state index contributed by atoms with van der Waals surface area (Å²) in [7, 11) is -2.09. The van der Waals surface area contributed by atoms with E-state index in [1.54, 1.807) is 0 Å². The summed E-state index contributed by atoms with van der Waals surface area (Å²) in [5.74, 6) is 0. The van der Waals surface area contributed by atoms with E-state index in [1.807, 2.05) is 0 Å². The second-order valence-corrected chi connectivity index (χ2v) is 27.9. The number of hydrogen-bond donors (Lipinski definition) is 0. The molecule has 6 rings (SSSR count). The third kappa shape index (κ3) is 25.1. The first kappa shape index (κ1) is 59.2. The average molecular weight is 1060 g/mol. The molecule has 0 atom stereocenters. The lowest BCUT2D eigenvalue weighted by atomic mass is 10.1. The van der Waals surface area contributed by atoms with Crippen molar-refractivity contribution in [2.75, 3.05) is 38.3 Å². The summed E-state index contributed by atoms with van der Waals surface area (Å²) in [6.07, 6.45) is 34.6. The van der Waals surface area contributed by atoms with E-state index >= 15 is 0 Å². The Morgan fingerprint density at radius 2 is 0.356 bits per heavy atom. The Bertz CT molecular complexity index is 1800. The van der Waals surface area contributed by atoms with Crippen molar-refractivity contribution < 1.29 is 13.6 Å². The zero-order valence-electron chi connectivity index (χ0n) is 44.5. The first-order chi connectivity index (χ1) is 36.3. The lowest BCUT2D eigenvalue weighted by molar-refractivity contribution is 0.153. The van der Waals surface area contributed by atoms with Crippen LogP contribution in [0, 0.1) is 0 Å². The molecule has 0 aliphatic carbocycles. The van der Waals surface area contributed by atoms with Crippen molar-refractivity contribution in [2.45, 2.75) is 154 Å². The molecule has 0 fully saturated rings. The predicted molar refractivity (Wildman–Crippen MR) is 327 cm³/mol. The highest BCUT2D eigenvalue weighted by molar-refractivity contribution is 7.73. The molecule has 0 radical (unpaired) electrons. The summed E-state index contributed by atoms with van der Waals surface area (Å²) in [6.45, 7) is 2.22. The van der Waals surface area contributed by atoms with E-state index in [-0.39, 0.29) is 23.8 Å². The lowest BCUT2D eigenvalue weighted by Gasteiger charge is -2.18. The van der Waals surface area contributed by atoms with Crippen LogP contribution in [0.1, 0.15) is 154 Å². The Hall–Kier alpha value is -3.08. The summed E-state index contributed by atoms with van der Waals surface area (Å²) >= 11 is 0. The van der Waals surface area contributed by atoms with Gasteiger partial charge >= 0.3 is 8.60 Å². The molecule has 0 amide bonds. The predicted octanol–water partition coefficient (Wildman–Crippen LogP) is 18.0. The van der Waals surface area contributed by atoms with Crippen molar-refractivity contribution in [1.29, 1.82) is 0 Å². The van der Waals surface area contributed by atoms with Gasteiger partial charge in [0.25, 0.3) is 0 Å². The van der Waals surface area contributed by atoms with Gasteiger partial charge in [-0.1, -0.05) is 298 Å². The fourth-order valence-electron chi connectivity index (χ4n) is 9.70. The van der Waals surface area contributed by atoms with E-state index in [4.69, 9.17) is 13.6 Å². The van der Waals surface area contributed by atoms with E-state index in [9.17, 15) is 0 Å². The van der Waals surface area contributed by atoms with Crippen LogP contribution in [0.3, 0.4) is 0 Å². The zero-order chi connectivity index (χ0) is 50.3. The Morgan fingerprint density at radius 3 is 0.548 bits per heavy atom. The minimum Gasteiger partial charge on any atom is -0.312 e. The van der Waals surface area contributed by atoms with Gasteiger partial charge in [0.05, 0.1) is 19.8 Å². The van der Waals surface area contributed by atoms with Crippen LogP contribution in [0.2, 0.25) is 0 Å². The molecule has 0 unspecified atom stereocenters. The van der Waals surface area contributed by atoms with Crippen molar-refractivity contribution in [2.24, 2.45) is 0 Å². The molecule has 0 aromatic heterocycles. The highest BCUT2D eigenvalue weighted by atomic mass is 31.2. The van der Waals surface area contributed by atoms with E-state index in [2.05, 4.69) is 182 Å². The highest BCUT2D eigenvalue weighted by Crippen LogP contribution is 2.41. The minimum absolute atomic E-state index is 0.270. The highest BCUT2D eigenvalue weighted by Gasteiger charge is 2.16. The van der Waals surface area contributed by atoms with Gasteiger partial charge in [0.2, 0.25) is 0 Å². The first-order valence-corrected chi connectivity index (χ1v) is 34.3. The molecule has 73 heavy (non-hydrogen) atoms. The molecule has 0 spiro atoms. The van der Waals surface area contributed by atoms with E-state index in [1.165, 1.54) is 185 Å². The van der Waals surface area contributed by atoms with Crippen LogP contribution in [-0.4, -0.2) is 38.3 Å². The summed E-state index contributed by atoms with van der Waals surface area (Å²) in [4.78, 5) is 0. The topological polar surface area (TPSA) is 27.7 Å². The van der Waals surface area contributed by atoms with Crippen LogP contribution in [0.4, 0.5) is 0 Å². The summed E-state index contributed by atoms with van der Waals surface area (Å²) in [6, 6.07) is 67.1. The van der Waals surface area contributed by atoms with Crippen molar-refractivity contribution in [1.82, 2.24) is 0 Å². The Balaban J connectivity index is 0.804. The van der Waals surface area contributed by atoms with Gasteiger partial charge in [0.15, 0.2) is 0 Å². The lowest BCUT2D eigenvalue weighted by Crippen LogP contribution is -2.13. The first-order valence-electron chi connectivity index (χ1n) is 28.7. The van der Waals surface area contributed by atoms with Gasteiger partial charge in [0, 0.05) is 0 Å². The molecule has 0 N–H and O–H groups in total. The fraction of sp³-hybridized carbons (Fsp3) is 0.455. The van der Waals surface area contributed by atoms with Crippen molar-refractivity contribution in [3.63, 3.8) is 0 Å². The van der Waals surface area contributed by atoms with Crippen LogP contribution < -0.4 is 31.8 Å². The molecule has 0 saturated carbocycles. The van der Waals surface area contributed by atoms with Gasteiger partial charge in [0.1, 0.15) is 0 Å². The molecule has 3 nitrogen and oxygen atoms in total. The van der Waals surface area contributed by atoms with E-state index in [0.29, 0.717) is 0 Å². The standard InChI is InChI=1S/C66H90O3P4/c1(4-10-16-40-58-70(61-43-25-19-26-44-61)62-45-27-20-28-46-62)7-13-37-55-67-73(68-56-38-14-8-2-5-11-17-41-59-71(63-47-29-21-30-48-63)64-49-31-22-32-50-64)69-57-39-15-9-3-6-12-18-42-60-72(65-51-33-23-34-52-65)66-53-35-24-36-54-66/h19-36,43-54H,1-18,37-42,55-60H2. The maximum atomic E-state index is 6.33. The molecule has 392 valence electrons. The summed E-state index contributed by atoms with van der Waals surface area (Å²) < 4.78 is 19.0. The maximum Gasteiger partial charge on any atom is 0.332 e. The Labute approximate surface area is 449 Å². The second kappa shape index (κ2) is 39.3. The average Bonchev–Trinajstić information content (AvgIpc) is 3.45. The van der Waals surface area contributed by atoms with E-state index in [0.717, 1.165) is 39.1 Å². The zero-order valence-corrected chi connectivity index (χ0v) is 48.1. The quantitative estimate of drug-likeness (QED) is 0.0282. The normalized spacial score (nSPS) is 11.7. The smallest absolute Gasteiger partial charge is 0.312 e. The van der Waals surface area contributed by atoms with Crippen molar-refractivity contribution in [3.8, 4) is 0 Å². The Morgan fingerprint density at radius 1 is 0.192 bits per heavy atom. The van der Waals surface area contributed by atoms with Gasteiger partial charge in [-0.2, -0.15) is 0 Å². The van der Waals surface area contributed by atoms with Gasteiger partial charge in [-0.05, 0) is 113 Å². The summed E-state index contributed by atoms with van der Waals surface area (Å²) in [5, 5.41) is 9.04. The van der Waals surface area contributed by atoms with Gasteiger partial charge in [-0.25, -0.2) is 0 Å². The van der Waals surface area contributed by atoms with Crippen LogP contribution in [0.5, 0.6) is 0 Å². The molecule has 0 heterocycles. The van der Waals surface area contributed by atoms with Crippen LogP contribution in [0.25, 0.3) is 0 Å².